The summed E-state index contributed by atoms with van der Waals surface area (Å²) in [6.45, 7) is -0.0294. The molecule has 1 saturated heterocycles. The Hall–Kier alpha value is -2.29. The molecule has 0 unspecified atom stereocenters. The van der Waals surface area contributed by atoms with Gasteiger partial charge in [-0.15, -0.1) is 0 Å². The molecule has 21 heavy (non-hydrogen) atoms. The van der Waals surface area contributed by atoms with Gasteiger partial charge in [0.1, 0.15) is 0 Å². The van der Waals surface area contributed by atoms with Crippen LogP contribution in [0.4, 0.5) is 0 Å². The van der Waals surface area contributed by atoms with Gasteiger partial charge in [-0.05, 0) is 12.1 Å². The second kappa shape index (κ2) is 5.60. The molecule has 8 nitrogen and oxygen atoms in total. The molecule has 1 N–H and O–H groups in total. The van der Waals surface area contributed by atoms with Crippen molar-refractivity contribution < 1.29 is 27.5 Å². The van der Waals surface area contributed by atoms with Crippen LogP contribution in [0.2, 0.25) is 0 Å². The van der Waals surface area contributed by atoms with Gasteiger partial charge in [-0.2, -0.15) is 0 Å². The van der Waals surface area contributed by atoms with Crippen molar-refractivity contribution in [1.82, 2.24) is 9.62 Å². The minimum Gasteiger partial charge on any atom is -0.493 e. The number of hydrogen-bond acceptors (Lipinski definition) is 6. The van der Waals surface area contributed by atoms with Crippen LogP contribution in [0.1, 0.15) is 0 Å². The van der Waals surface area contributed by atoms with Crippen molar-refractivity contribution >= 4 is 21.8 Å². The highest BCUT2D eigenvalue weighted by atomic mass is 32.2. The van der Waals surface area contributed by atoms with Crippen molar-refractivity contribution in [2.24, 2.45) is 0 Å². The van der Waals surface area contributed by atoms with Gasteiger partial charge in [-0.3, -0.25) is 9.59 Å². The fraction of sp³-hybridized carbons (Fsp3) is 0.333. The number of benzene rings is 1. The lowest BCUT2D eigenvalue weighted by Crippen LogP contribution is -2.54. The van der Waals surface area contributed by atoms with E-state index < -0.39 is 21.8 Å². The lowest BCUT2D eigenvalue weighted by molar-refractivity contribution is -0.144. The first-order valence-corrected chi connectivity index (χ1v) is 7.42. The molecule has 0 atom stereocenters. The highest BCUT2D eigenvalue weighted by molar-refractivity contribution is 7.89. The smallest absolute Gasteiger partial charge is 0.325 e. The molecule has 0 spiro atoms. The zero-order valence-corrected chi connectivity index (χ0v) is 12.3. The van der Waals surface area contributed by atoms with Gasteiger partial charge in [0.2, 0.25) is 0 Å². The van der Waals surface area contributed by atoms with E-state index in [1.54, 1.807) is 0 Å². The Labute approximate surface area is 121 Å². The average molecular weight is 314 g/mol. The van der Waals surface area contributed by atoms with Gasteiger partial charge in [0, 0.05) is 12.6 Å². The molecule has 0 radical (unpaired) electrons. The van der Waals surface area contributed by atoms with Crippen LogP contribution in [-0.4, -0.2) is 51.8 Å². The average Bonchev–Trinajstić information content (AvgIpc) is 2.49. The highest BCUT2D eigenvalue weighted by Gasteiger charge is 2.36. The Kier molecular flexibility index (Phi) is 4.03. The van der Waals surface area contributed by atoms with Crippen LogP contribution in [0.5, 0.6) is 11.5 Å². The van der Waals surface area contributed by atoms with Crippen LogP contribution in [0.15, 0.2) is 23.1 Å². The maximum Gasteiger partial charge on any atom is 0.325 e. The van der Waals surface area contributed by atoms with Crippen molar-refractivity contribution in [2.45, 2.75) is 4.90 Å². The zero-order valence-electron chi connectivity index (χ0n) is 11.5. The van der Waals surface area contributed by atoms with E-state index in [4.69, 9.17) is 9.47 Å². The molecule has 0 aliphatic carbocycles. The first kappa shape index (κ1) is 15.1. The number of hydrogen-bond donors (Lipinski definition) is 1. The molecule has 1 aromatic rings. The van der Waals surface area contributed by atoms with E-state index in [1.807, 2.05) is 0 Å². The summed E-state index contributed by atoms with van der Waals surface area (Å²) in [4.78, 5) is 22.8. The van der Waals surface area contributed by atoms with Crippen molar-refractivity contribution in [2.75, 3.05) is 27.3 Å². The minimum atomic E-state index is -4.11. The van der Waals surface area contributed by atoms with Crippen molar-refractivity contribution in [3.63, 3.8) is 0 Å². The van der Waals surface area contributed by atoms with Crippen molar-refractivity contribution in [1.29, 1.82) is 0 Å². The molecular formula is C12H14N2O6S. The lowest BCUT2D eigenvalue weighted by Gasteiger charge is -2.26. The number of sulfonamides is 1. The predicted molar refractivity (Wildman–Crippen MR) is 71.5 cm³/mol. The van der Waals surface area contributed by atoms with Gasteiger partial charge < -0.3 is 14.8 Å². The topological polar surface area (TPSA) is 102 Å². The van der Waals surface area contributed by atoms with E-state index in [2.05, 4.69) is 5.32 Å². The maximum absolute atomic E-state index is 12.4. The number of rotatable bonds is 4. The first-order valence-electron chi connectivity index (χ1n) is 5.98. The standard InChI is InChI=1S/C12H14N2O6S/c1-19-9-4-3-8(7-10(9)20-2)21(17,18)14-6-5-13-11(15)12(14)16/h3-4,7H,5-6H2,1-2H3,(H,13,15). The third-order valence-corrected chi connectivity index (χ3v) is 4.74. The molecule has 2 amide bonds. The van der Waals surface area contributed by atoms with E-state index in [0.717, 1.165) is 0 Å². The quantitative estimate of drug-likeness (QED) is 0.741. The molecule has 114 valence electrons. The Balaban J connectivity index is 2.44. The number of piperazine rings is 1. The number of methoxy groups -OCH3 is 2. The highest BCUT2D eigenvalue weighted by Crippen LogP contribution is 2.30. The summed E-state index contributed by atoms with van der Waals surface area (Å²) in [6, 6.07) is 3.95. The Bertz CT molecular complexity index is 685. The van der Waals surface area contributed by atoms with Crippen LogP contribution < -0.4 is 14.8 Å². The minimum absolute atomic E-state index is 0.0804. The number of ether oxygens (including phenoxy) is 2. The lowest BCUT2D eigenvalue weighted by atomic mass is 10.3. The molecular weight excluding hydrogens is 300 g/mol. The maximum atomic E-state index is 12.4. The summed E-state index contributed by atoms with van der Waals surface area (Å²) in [7, 11) is -1.32. The van der Waals surface area contributed by atoms with Gasteiger partial charge >= 0.3 is 11.8 Å². The number of carbonyl (C=O) groups excluding carboxylic acids is 2. The van der Waals surface area contributed by atoms with Crippen LogP contribution >= 0.6 is 0 Å². The Morgan fingerprint density at radius 1 is 1.14 bits per heavy atom. The SMILES string of the molecule is COc1ccc(S(=O)(=O)N2CCNC(=O)C2=O)cc1OC. The molecule has 2 rings (SSSR count). The summed E-state index contributed by atoms with van der Waals surface area (Å²) in [5.74, 6) is -1.46. The molecule has 1 heterocycles. The molecule has 0 bridgehead atoms. The Morgan fingerprint density at radius 3 is 2.43 bits per heavy atom. The van der Waals surface area contributed by atoms with Crippen LogP contribution in [0.3, 0.4) is 0 Å². The largest absolute Gasteiger partial charge is 0.493 e. The second-order valence-electron chi connectivity index (χ2n) is 4.16. The zero-order chi connectivity index (χ0) is 15.6. The molecule has 1 fully saturated rings. The summed E-state index contributed by atoms with van der Waals surface area (Å²) in [6.07, 6.45) is 0. The summed E-state index contributed by atoms with van der Waals surface area (Å²) < 4.78 is 35.5. The molecule has 0 saturated carbocycles. The van der Waals surface area contributed by atoms with Gasteiger partial charge in [-0.1, -0.05) is 0 Å². The van der Waals surface area contributed by atoms with Crippen LogP contribution in [0, 0.1) is 0 Å². The third-order valence-electron chi connectivity index (χ3n) is 2.96. The number of carbonyl (C=O) groups is 2. The molecule has 9 heteroatoms. The normalized spacial score (nSPS) is 15.6. The number of nitrogens with zero attached hydrogens (tertiary/aromatic N) is 1. The molecule has 1 aliphatic rings. The molecule has 1 aliphatic heterocycles. The van der Waals surface area contributed by atoms with Gasteiger partial charge in [0.25, 0.3) is 10.0 Å². The van der Waals surface area contributed by atoms with E-state index in [9.17, 15) is 18.0 Å². The second-order valence-corrected chi connectivity index (χ2v) is 6.02. The Morgan fingerprint density at radius 2 is 1.81 bits per heavy atom. The van der Waals surface area contributed by atoms with E-state index in [-0.39, 0.29) is 23.7 Å². The fourth-order valence-corrected chi connectivity index (χ4v) is 3.28. The van der Waals surface area contributed by atoms with E-state index in [0.29, 0.717) is 10.1 Å². The summed E-state index contributed by atoms with van der Waals surface area (Å²) >= 11 is 0. The monoisotopic (exact) mass is 314 g/mol. The first-order chi connectivity index (χ1) is 9.91. The molecule has 1 aromatic carbocycles. The van der Waals surface area contributed by atoms with Gasteiger partial charge in [-0.25, -0.2) is 12.7 Å². The van der Waals surface area contributed by atoms with Crippen molar-refractivity contribution in [3.05, 3.63) is 18.2 Å². The number of amides is 2. The van der Waals surface area contributed by atoms with Gasteiger partial charge in [0.05, 0.1) is 25.7 Å². The summed E-state index contributed by atoms with van der Waals surface area (Å²) in [5, 5.41) is 2.29. The van der Waals surface area contributed by atoms with Crippen molar-refractivity contribution in [3.8, 4) is 11.5 Å². The summed E-state index contributed by atoms with van der Waals surface area (Å²) in [5.41, 5.74) is 0. The molecule has 0 aromatic heterocycles. The predicted octanol–water partition coefficient (Wildman–Crippen LogP) is -0.649. The van der Waals surface area contributed by atoms with E-state index >= 15 is 0 Å². The van der Waals surface area contributed by atoms with Crippen LogP contribution in [-0.2, 0) is 19.6 Å². The fourth-order valence-electron chi connectivity index (χ4n) is 1.89. The van der Waals surface area contributed by atoms with Gasteiger partial charge in [0.15, 0.2) is 11.5 Å². The van der Waals surface area contributed by atoms with E-state index in [1.165, 1.54) is 32.4 Å². The van der Waals surface area contributed by atoms with Crippen LogP contribution in [0.25, 0.3) is 0 Å². The number of nitrogens with one attached hydrogen (secondary N) is 1. The third kappa shape index (κ3) is 2.64.